The average molecular weight is 568 g/mol. The summed E-state index contributed by atoms with van der Waals surface area (Å²) in [6.07, 6.45) is 0. The summed E-state index contributed by atoms with van der Waals surface area (Å²) in [6, 6.07) is 19.2. The average Bonchev–Trinajstić information content (AvgIpc) is 2.83. The van der Waals surface area contributed by atoms with Crippen LogP contribution in [0.1, 0.15) is 127 Å². The molecule has 0 bridgehead atoms. The van der Waals surface area contributed by atoms with Crippen LogP contribution in [0.5, 0.6) is 0 Å². The molecule has 2 aromatic carbocycles. The van der Waals surface area contributed by atoms with E-state index in [1.807, 2.05) is 12.1 Å². The van der Waals surface area contributed by atoms with E-state index in [0.29, 0.717) is 23.7 Å². The molecular formula is C35H49FeN3. The van der Waals surface area contributed by atoms with Gasteiger partial charge >= 0.3 is 17.1 Å². The minimum atomic E-state index is 0. The van der Waals surface area contributed by atoms with Crippen molar-refractivity contribution in [2.45, 2.75) is 92.9 Å². The summed E-state index contributed by atoms with van der Waals surface area (Å²) in [7, 11) is 0. The Labute approximate surface area is 250 Å². The molecule has 0 amide bonds. The van der Waals surface area contributed by atoms with Gasteiger partial charge in [-0.3, -0.25) is 9.98 Å². The summed E-state index contributed by atoms with van der Waals surface area (Å²) >= 11 is 0. The Balaban J connectivity index is 0.00000481. The molecule has 0 N–H and O–H groups in total. The molecule has 1 heterocycles. The maximum Gasteiger partial charge on any atom is 2.00 e. The van der Waals surface area contributed by atoms with Gasteiger partial charge in [-0.05, 0) is 71.9 Å². The largest absolute Gasteiger partial charge is 2.00 e. The number of rotatable bonds is 8. The number of hydrogen-bond donors (Lipinski definition) is 0. The molecule has 0 aliphatic rings. The second kappa shape index (κ2) is 15.9. The summed E-state index contributed by atoms with van der Waals surface area (Å²) in [5, 5.41) is 0. The van der Waals surface area contributed by atoms with Gasteiger partial charge in [0, 0.05) is 0 Å². The van der Waals surface area contributed by atoms with Crippen molar-refractivity contribution in [3.8, 4) is 0 Å². The van der Waals surface area contributed by atoms with Gasteiger partial charge in [0.2, 0.25) is 0 Å². The van der Waals surface area contributed by atoms with Gasteiger partial charge in [-0.25, -0.2) is 4.98 Å². The van der Waals surface area contributed by atoms with Crippen LogP contribution >= 0.6 is 0 Å². The quantitative estimate of drug-likeness (QED) is 0.152. The molecular weight excluding hydrogens is 518 g/mol. The molecule has 0 spiro atoms. The van der Waals surface area contributed by atoms with Gasteiger partial charge in [-0.2, -0.15) is 0 Å². The van der Waals surface area contributed by atoms with Crippen LogP contribution in [0, 0.1) is 14.9 Å². The van der Waals surface area contributed by atoms with Crippen molar-refractivity contribution in [2.24, 2.45) is 9.98 Å². The Morgan fingerprint density at radius 2 is 0.769 bits per heavy atom. The maximum absolute atomic E-state index is 5.15. The Bertz CT molecular complexity index is 1120. The van der Waals surface area contributed by atoms with E-state index in [9.17, 15) is 0 Å². The molecule has 0 aliphatic carbocycles. The standard InChI is InChI=1S/C33H43N3.2CH3.Fe/c1-20(2)26-14-11-15-27(21(3)4)32(26)34-24(9)30-18-13-19-31(36-30)25(10)35-33-28(22(5)6)16-12-17-29(33)23(7)8;;;/h11-23H,1-10H3;2*1H3;/q;2*-1;+2. The van der Waals surface area contributed by atoms with Crippen molar-refractivity contribution in [3.05, 3.63) is 103 Å². The molecule has 0 atom stereocenters. The minimum absolute atomic E-state index is 0. The first-order valence-corrected chi connectivity index (χ1v) is 13.3. The van der Waals surface area contributed by atoms with Crippen molar-refractivity contribution in [3.63, 3.8) is 0 Å². The molecule has 4 heteroatoms. The molecule has 0 fully saturated rings. The van der Waals surface area contributed by atoms with Crippen LogP contribution in [0.15, 0.2) is 64.6 Å². The third kappa shape index (κ3) is 8.72. The molecule has 1 aromatic heterocycles. The zero-order valence-corrected chi connectivity index (χ0v) is 27.3. The van der Waals surface area contributed by atoms with E-state index < -0.39 is 0 Å². The predicted molar refractivity (Wildman–Crippen MR) is 170 cm³/mol. The predicted octanol–water partition coefficient (Wildman–Crippen LogP) is 10.8. The fourth-order valence-electron chi connectivity index (χ4n) is 4.57. The second-order valence-electron chi connectivity index (χ2n) is 11.0. The summed E-state index contributed by atoms with van der Waals surface area (Å²) in [5.74, 6) is 1.61. The van der Waals surface area contributed by atoms with Crippen LogP contribution in [0.25, 0.3) is 0 Å². The summed E-state index contributed by atoms with van der Waals surface area (Å²) in [4.78, 5) is 15.3. The third-order valence-electron chi connectivity index (χ3n) is 6.73. The first-order valence-electron chi connectivity index (χ1n) is 13.3. The van der Waals surface area contributed by atoms with E-state index in [0.717, 1.165) is 34.2 Å². The van der Waals surface area contributed by atoms with Crippen LogP contribution in [0.4, 0.5) is 11.4 Å². The molecule has 0 radical (unpaired) electrons. The van der Waals surface area contributed by atoms with Gasteiger partial charge in [0.25, 0.3) is 0 Å². The number of para-hydroxylation sites is 2. The van der Waals surface area contributed by atoms with E-state index >= 15 is 0 Å². The van der Waals surface area contributed by atoms with E-state index in [4.69, 9.17) is 15.0 Å². The first-order chi connectivity index (χ1) is 17.0. The monoisotopic (exact) mass is 567 g/mol. The molecule has 39 heavy (non-hydrogen) atoms. The third-order valence-corrected chi connectivity index (χ3v) is 6.73. The number of aromatic nitrogens is 1. The van der Waals surface area contributed by atoms with Gasteiger partial charge in [-0.15, -0.1) is 0 Å². The van der Waals surface area contributed by atoms with Gasteiger partial charge in [-0.1, -0.05) is 97.9 Å². The topological polar surface area (TPSA) is 37.6 Å². The maximum atomic E-state index is 5.15. The fraction of sp³-hybridized carbons (Fsp3) is 0.400. The summed E-state index contributed by atoms with van der Waals surface area (Å²) in [6.45, 7) is 22.0. The number of aliphatic imine (C=N–C) groups is 2. The Kier molecular flexibility index (Phi) is 14.9. The fourth-order valence-corrected chi connectivity index (χ4v) is 4.57. The molecule has 3 aromatic rings. The van der Waals surface area contributed by atoms with Crippen molar-refractivity contribution in [1.82, 2.24) is 4.98 Å². The zero-order chi connectivity index (χ0) is 26.6. The van der Waals surface area contributed by atoms with Crippen LogP contribution in [0.2, 0.25) is 0 Å². The Morgan fingerprint density at radius 1 is 0.513 bits per heavy atom. The molecule has 3 rings (SSSR count). The van der Waals surface area contributed by atoms with E-state index in [-0.39, 0.29) is 31.9 Å². The SMILES string of the molecule is CC(=Nc1c(C(C)C)cccc1C(C)C)c1cccc(C(C)=Nc2c(C(C)C)cccc2C(C)C)n1.[CH3-].[CH3-].[Fe+2]. The van der Waals surface area contributed by atoms with Gasteiger partial charge in [0.15, 0.2) is 0 Å². The van der Waals surface area contributed by atoms with Crippen molar-refractivity contribution in [1.29, 1.82) is 0 Å². The van der Waals surface area contributed by atoms with Crippen molar-refractivity contribution < 1.29 is 17.1 Å². The smallest absolute Gasteiger partial charge is 0.358 e. The van der Waals surface area contributed by atoms with Crippen molar-refractivity contribution >= 4 is 22.8 Å². The van der Waals surface area contributed by atoms with E-state index in [2.05, 4.69) is 112 Å². The van der Waals surface area contributed by atoms with Crippen LogP contribution in [0.3, 0.4) is 0 Å². The number of benzene rings is 2. The normalized spacial score (nSPS) is 11.9. The molecule has 0 aliphatic heterocycles. The second-order valence-corrected chi connectivity index (χ2v) is 11.0. The van der Waals surface area contributed by atoms with Crippen molar-refractivity contribution in [2.75, 3.05) is 0 Å². The minimum Gasteiger partial charge on any atom is -0.358 e. The number of nitrogens with zero attached hydrogens (tertiary/aromatic N) is 3. The van der Waals surface area contributed by atoms with E-state index in [1.165, 1.54) is 22.3 Å². The van der Waals surface area contributed by atoms with Crippen LogP contribution in [-0.2, 0) is 17.1 Å². The summed E-state index contributed by atoms with van der Waals surface area (Å²) < 4.78 is 0. The van der Waals surface area contributed by atoms with Gasteiger partial charge in [0.05, 0.1) is 34.2 Å². The van der Waals surface area contributed by atoms with E-state index in [1.54, 1.807) is 0 Å². The zero-order valence-electron chi connectivity index (χ0n) is 26.2. The molecule has 0 saturated carbocycles. The van der Waals surface area contributed by atoms with Gasteiger partial charge < -0.3 is 14.9 Å². The molecule has 3 nitrogen and oxygen atoms in total. The molecule has 0 saturated heterocycles. The van der Waals surface area contributed by atoms with Crippen LogP contribution in [-0.4, -0.2) is 16.4 Å². The Morgan fingerprint density at radius 3 is 1.03 bits per heavy atom. The summed E-state index contributed by atoms with van der Waals surface area (Å²) in [5.41, 5.74) is 10.9. The number of hydrogen-bond acceptors (Lipinski definition) is 3. The molecule has 0 unspecified atom stereocenters. The first kappa shape index (κ1) is 36.4. The number of pyridine rings is 1. The Hall–Kier alpha value is -2.55. The van der Waals surface area contributed by atoms with Crippen LogP contribution < -0.4 is 0 Å². The molecule has 212 valence electrons. The van der Waals surface area contributed by atoms with Gasteiger partial charge in [0.1, 0.15) is 0 Å².